The van der Waals surface area contributed by atoms with E-state index in [0.717, 1.165) is 16.9 Å². The Hall–Kier alpha value is -4.62. The highest BCUT2D eigenvalue weighted by Gasteiger charge is 2.34. The number of nitrogens with zero attached hydrogens (tertiary/aromatic N) is 3. The minimum atomic E-state index is -0.162. The van der Waals surface area contributed by atoms with Crippen molar-refractivity contribution in [1.29, 1.82) is 0 Å². The van der Waals surface area contributed by atoms with Gasteiger partial charge in [0.2, 0.25) is 0 Å². The summed E-state index contributed by atoms with van der Waals surface area (Å²) in [7, 11) is 0. The molecule has 7 heteroatoms. The van der Waals surface area contributed by atoms with Crippen molar-refractivity contribution in [2.75, 3.05) is 0 Å². The van der Waals surface area contributed by atoms with Crippen molar-refractivity contribution in [1.82, 2.24) is 4.90 Å². The predicted octanol–water partition coefficient (Wildman–Crippen LogP) is 7.24. The van der Waals surface area contributed by atoms with E-state index in [4.69, 9.17) is 9.15 Å². The van der Waals surface area contributed by atoms with Crippen LogP contribution in [0.1, 0.15) is 16.9 Å². The Labute approximate surface area is 219 Å². The lowest BCUT2D eigenvalue weighted by atomic mass is 10.2. The Kier molecular flexibility index (Phi) is 7.73. The Bertz CT molecular complexity index is 1460. The van der Waals surface area contributed by atoms with Gasteiger partial charge in [-0.05, 0) is 71.4 Å². The summed E-state index contributed by atoms with van der Waals surface area (Å²) in [6.07, 6.45) is 8.77. The number of carbonyl (C=O) groups is 1. The van der Waals surface area contributed by atoms with Crippen LogP contribution >= 0.6 is 11.8 Å². The quantitative estimate of drug-likeness (QED) is 0.144. The molecule has 0 bridgehead atoms. The van der Waals surface area contributed by atoms with Crippen molar-refractivity contribution in [2.45, 2.75) is 6.54 Å². The fourth-order valence-corrected chi connectivity index (χ4v) is 4.50. The van der Waals surface area contributed by atoms with E-state index in [9.17, 15) is 4.79 Å². The molecule has 0 atom stereocenters. The molecule has 3 aromatic carbocycles. The molecular weight excluding hydrogens is 482 g/mol. The Morgan fingerprint density at radius 1 is 0.865 bits per heavy atom. The highest BCUT2D eigenvalue weighted by Crippen LogP contribution is 2.34. The largest absolute Gasteiger partial charge is 0.467 e. The number of para-hydroxylation sites is 1. The third-order valence-corrected chi connectivity index (χ3v) is 6.30. The fraction of sp³-hybridized carbons (Fsp3) is 0.0333. The fourth-order valence-electron chi connectivity index (χ4n) is 3.56. The van der Waals surface area contributed by atoms with Gasteiger partial charge in [-0.2, -0.15) is 5.10 Å². The lowest BCUT2D eigenvalue weighted by molar-refractivity contribution is -0.122. The van der Waals surface area contributed by atoms with Crippen LogP contribution in [-0.2, 0) is 11.3 Å². The average Bonchev–Trinajstić information content (AvgIpc) is 3.54. The zero-order valence-corrected chi connectivity index (χ0v) is 20.6. The number of allylic oxidation sites excluding steroid dienone is 1. The minimum absolute atomic E-state index is 0.162. The zero-order valence-electron chi connectivity index (χ0n) is 19.8. The molecule has 1 saturated heterocycles. The molecule has 1 aromatic heterocycles. The van der Waals surface area contributed by atoms with Crippen LogP contribution in [-0.4, -0.2) is 22.2 Å². The molecule has 6 nitrogen and oxygen atoms in total. The molecule has 1 fully saturated rings. The lowest BCUT2D eigenvalue weighted by Crippen LogP contribution is -2.28. The Morgan fingerprint density at radius 3 is 2.41 bits per heavy atom. The van der Waals surface area contributed by atoms with Crippen LogP contribution in [0.25, 0.3) is 12.2 Å². The molecule has 0 N–H and O–H groups in total. The van der Waals surface area contributed by atoms with Gasteiger partial charge in [-0.25, -0.2) is 0 Å². The number of thioether (sulfide) groups is 1. The van der Waals surface area contributed by atoms with Crippen molar-refractivity contribution < 1.29 is 13.9 Å². The van der Waals surface area contributed by atoms with Gasteiger partial charge in [0.25, 0.3) is 5.91 Å². The molecule has 2 heterocycles. The van der Waals surface area contributed by atoms with E-state index in [1.54, 1.807) is 23.4 Å². The normalized spacial score (nSPS) is 16.0. The summed E-state index contributed by atoms with van der Waals surface area (Å²) in [5.74, 6) is 1.93. The summed E-state index contributed by atoms with van der Waals surface area (Å²) in [5.41, 5.74) is 1.91. The van der Waals surface area contributed by atoms with Gasteiger partial charge in [0.1, 0.15) is 17.3 Å². The van der Waals surface area contributed by atoms with Gasteiger partial charge in [0, 0.05) is 6.21 Å². The number of amides is 1. The smallest absolute Gasteiger partial charge is 0.267 e. The van der Waals surface area contributed by atoms with Crippen LogP contribution in [0.2, 0.25) is 0 Å². The van der Waals surface area contributed by atoms with Crippen molar-refractivity contribution in [2.24, 2.45) is 10.2 Å². The molecular formula is C30H23N3O3S. The maximum atomic E-state index is 13.3. The van der Waals surface area contributed by atoms with Crippen LogP contribution < -0.4 is 4.74 Å². The number of amidine groups is 1. The van der Waals surface area contributed by atoms with Gasteiger partial charge < -0.3 is 9.15 Å². The summed E-state index contributed by atoms with van der Waals surface area (Å²) in [5, 5.41) is 8.98. The molecule has 4 aromatic rings. The molecule has 0 spiro atoms. The van der Waals surface area contributed by atoms with E-state index in [1.165, 1.54) is 11.8 Å². The third kappa shape index (κ3) is 6.54. The van der Waals surface area contributed by atoms with E-state index in [0.29, 0.717) is 21.6 Å². The Balaban J connectivity index is 1.35. The number of ether oxygens (including phenoxy) is 1. The van der Waals surface area contributed by atoms with Crippen LogP contribution in [0.3, 0.4) is 0 Å². The molecule has 1 aliphatic heterocycles. The van der Waals surface area contributed by atoms with Crippen molar-refractivity contribution in [3.63, 3.8) is 0 Å². The highest BCUT2D eigenvalue weighted by atomic mass is 32.2. The summed E-state index contributed by atoms with van der Waals surface area (Å²) in [4.78, 5) is 15.4. The first-order chi connectivity index (χ1) is 18.2. The first-order valence-electron chi connectivity index (χ1n) is 11.6. The summed E-state index contributed by atoms with van der Waals surface area (Å²) in [6.45, 7) is 0.265. The summed E-state index contributed by atoms with van der Waals surface area (Å²) < 4.78 is 11.4. The van der Waals surface area contributed by atoms with Crippen molar-refractivity contribution >= 4 is 41.2 Å². The van der Waals surface area contributed by atoms with E-state index >= 15 is 0 Å². The summed E-state index contributed by atoms with van der Waals surface area (Å²) in [6, 6.07) is 30.7. The molecule has 5 rings (SSSR count). The number of hydrogen-bond acceptors (Lipinski definition) is 6. The van der Waals surface area contributed by atoms with Gasteiger partial charge in [0.15, 0.2) is 5.17 Å². The maximum absolute atomic E-state index is 13.3. The number of rotatable bonds is 8. The second kappa shape index (κ2) is 11.9. The molecule has 0 aliphatic carbocycles. The SMILES string of the molecule is O=C1/C(=C/c2cccc(Oc3ccccc3)c2)S/C(=N/N=C/C=C/c2ccccc2)N1Cc1ccco1. The first kappa shape index (κ1) is 24.1. The highest BCUT2D eigenvalue weighted by molar-refractivity contribution is 8.18. The minimum Gasteiger partial charge on any atom is -0.467 e. The zero-order chi connectivity index (χ0) is 25.3. The second-order valence-corrected chi connectivity index (χ2v) is 8.99. The number of carbonyl (C=O) groups excluding carboxylic acids is 1. The Morgan fingerprint density at radius 2 is 1.62 bits per heavy atom. The van der Waals surface area contributed by atoms with Crippen molar-refractivity contribution in [3.8, 4) is 11.5 Å². The maximum Gasteiger partial charge on any atom is 0.267 e. The van der Waals surface area contributed by atoms with Gasteiger partial charge >= 0.3 is 0 Å². The van der Waals surface area contributed by atoms with E-state index in [-0.39, 0.29) is 12.5 Å². The monoisotopic (exact) mass is 505 g/mol. The number of benzene rings is 3. The molecule has 37 heavy (non-hydrogen) atoms. The molecule has 0 unspecified atom stereocenters. The molecule has 0 saturated carbocycles. The van der Waals surface area contributed by atoms with E-state index in [2.05, 4.69) is 10.2 Å². The van der Waals surface area contributed by atoms with E-state index < -0.39 is 0 Å². The standard InChI is InChI=1S/C30H23N3O3S/c34-29-28(21-24-12-7-16-26(20-24)36-25-14-5-2-6-15-25)37-30(33(29)22-27-17-9-19-35-27)32-31-18-8-13-23-10-3-1-4-11-23/h1-21H,22H2/b13-8+,28-21-,31-18+,32-30+. The lowest BCUT2D eigenvalue weighted by Gasteiger charge is -2.12. The first-order valence-corrected chi connectivity index (χ1v) is 12.5. The molecule has 0 radical (unpaired) electrons. The second-order valence-electron chi connectivity index (χ2n) is 7.99. The summed E-state index contributed by atoms with van der Waals surface area (Å²) >= 11 is 1.27. The molecule has 1 aliphatic rings. The van der Waals surface area contributed by atoms with Crippen LogP contribution in [0.15, 0.2) is 129 Å². The van der Waals surface area contributed by atoms with Crippen LogP contribution in [0.4, 0.5) is 0 Å². The number of furan rings is 1. The van der Waals surface area contributed by atoms with E-state index in [1.807, 2.05) is 109 Å². The van der Waals surface area contributed by atoms with Gasteiger partial charge in [0.05, 0.1) is 17.7 Å². The van der Waals surface area contributed by atoms with Gasteiger partial charge in [-0.15, -0.1) is 5.10 Å². The van der Waals surface area contributed by atoms with Gasteiger partial charge in [-0.3, -0.25) is 9.69 Å². The topological polar surface area (TPSA) is 67.4 Å². The molecule has 1 amide bonds. The van der Waals surface area contributed by atoms with Crippen LogP contribution in [0, 0.1) is 0 Å². The van der Waals surface area contributed by atoms with Gasteiger partial charge in [-0.1, -0.05) is 66.7 Å². The van der Waals surface area contributed by atoms with Crippen molar-refractivity contribution in [3.05, 3.63) is 131 Å². The average molecular weight is 506 g/mol. The molecule has 182 valence electrons. The predicted molar refractivity (Wildman–Crippen MR) is 149 cm³/mol. The number of hydrogen-bond donors (Lipinski definition) is 0. The van der Waals surface area contributed by atoms with Crippen LogP contribution in [0.5, 0.6) is 11.5 Å². The third-order valence-electron chi connectivity index (χ3n) is 5.30.